The van der Waals surface area contributed by atoms with Crippen molar-refractivity contribution in [3.05, 3.63) is 24.3 Å². The van der Waals surface area contributed by atoms with E-state index in [1.807, 2.05) is 0 Å². The Bertz CT molecular complexity index is 682. The average molecular weight is 360 g/mol. The molecule has 0 unspecified atom stereocenters. The lowest BCUT2D eigenvalue weighted by molar-refractivity contribution is -0.145. The first-order valence-electron chi connectivity index (χ1n) is 8.31. The molecule has 2 fully saturated rings. The van der Waals surface area contributed by atoms with E-state index in [9.17, 15) is 19.2 Å². The average Bonchev–Trinajstić information content (AvgIpc) is 3.23. The van der Waals surface area contributed by atoms with E-state index in [2.05, 4.69) is 0 Å². The van der Waals surface area contributed by atoms with Crippen LogP contribution < -0.4 is 9.80 Å². The van der Waals surface area contributed by atoms with Gasteiger partial charge in [0.1, 0.15) is 0 Å². The molecule has 0 aromatic heterocycles. The largest absolute Gasteiger partial charge is 0.469 e. The molecule has 0 spiro atoms. The van der Waals surface area contributed by atoms with Gasteiger partial charge in [-0.1, -0.05) is 0 Å². The molecule has 0 bridgehead atoms. The summed E-state index contributed by atoms with van der Waals surface area (Å²) in [7, 11) is 2.61. The zero-order chi connectivity index (χ0) is 18.8. The third-order valence-electron chi connectivity index (χ3n) is 4.79. The normalized spacial score (nSPS) is 22.7. The quantitative estimate of drug-likeness (QED) is 0.735. The molecule has 0 saturated carbocycles. The Morgan fingerprint density at radius 1 is 0.808 bits per heavy atom. The van der Waals surface area contributed by atoms with Crippen LogP contribution in [0.5, 0.6) is 0 Å². The fourth-order valence-electron chi connectivity index (χ4n) is 3.38. The number of hydrogen-bond donors (Lipinski definition) is 0. The van der Waals surface area contributed by atoms with E-state index in [4.69, 9.17) is 9.47 Å². The summed E-state index contributed by atoms with van der Waals surface area (Å²) < 4.78 is 9.41. The first-order valence-corrected chi connectivity index (χ1v) is 8.31. The number of amides is 2. The van der Waals surface area contributed by atoms with Crippen molar-refractivity contribution in [3.63, 3.8) is 0 Å². The Morgan fingerprint density at radius 3 is 1.46 bits per heavy atom. The smallest absolute Gasteiger partial charge is 0.311 e. The number of esters is 2. The van der Waals surface area contributed by atoms with Gasteiger partial charge in [-0.25, -0.2) is 0 Å². The summed E-state index contributed by atoms with van der Waals surface area (Å²) in [4.78, 5) is 50.6. The summed E-state index contributed by atoms with van der Waals surface area (Å²) in [6.07, 6.45) is 0.250. The summed E-state index contributed by atoms with van der Waals surface area (Å²) in [6.45, 7) is 0.551. The van der Waals surface area contributed by atoms with E-state index in [0.29, 0.717) is 11.4 Å². The molecule has 2 aliphatic rings. The lowest BCUT2D eigenvalue weighted by atomic mass is 10.1. The van der Waals surface area contributed by atoms with Crippen molar-refractivity contribution in [1.82, 2.24) is 0 Å². The van der Waals surface area contributed by atoms with Crippen LogP contribution in [-0.4, -0.2) is 51.1 Å². The van der Waals surface area contributed by atoms with Gasteiger partial charge in [0.2, 0.25) is 11.8 Å². The Kier molecular flexibility index (Phi) is 4.92. The molecule has 26 heavy (non-hydrogen) atoms. The van der Waals surface area contributed by atoms with Gasteiger partial charge in [0.05, 0.1) is 26.1 Å². The summed E-state index contributed by atoms with van der Waals surface area (Å²) in [5.74, 6) is -2.00. The lowest BCUT2D eigenvalue weighted by Gasteiger charge is -2.20. The van der Waals surface area contributed by atoms with Crippen LogP contribution in [0.1, 0.15) is 12.8 Å². The molecular weight excluding hydrogens is 340 g/mol. The molecule has 2 atom stereocenters. The highest BCUT2D eigenvalue weighted by atomic mass is 16.5. The monoisotopic (exact) mass is 360 g/mol. The predicted octanol–water partition coefficient (Wildman–Crippen LogP) is 0.738. The topological polar surface area (TPSA) is 93.2 Å². The van der Waals surface area contributed by atoms with Crippen molar-refractivity contribution in [1.29, 1.82) is 0 Å². The summed E-state index contributed by atoms with van der Waals surface area (Å²) in [5.41, 5.74) is 1.31. The Morgan fingerprint density at radius 2 is 1.15 bits per heavy atom. The van der Waals surface area contributed by atoms with Crippen LogP contribution >= 0.6 is 0 Å². The van der Waals surface area contributed by atoms with Crippen molar-refractivity contribution in [3.8, 4) is 0 Å². The van der Waals surface area contributed by atoms with E-state index in [-0.39, 0.29) is 37.7 Å². The maximum absolute atomic E-state index is 12.2. The van der Waals surface area contributed by atoms with Gasteiger partial charge in [0.15, 0.2) is 0 Å². The fourth-order valence-corrected chi connectivity index (χ4v) is 3.38. The summed E-state index contributed by atoms with van der Waals surface area (Å²) in [5, 5.41) is 0. The number of rotatable bonds is 4. The number of hydrogen-bond acceptors (Lipinski definition) is 6. The molecule has 0 aliphatic carbocycles. The maximum Gasteiger partial charge on any atom is 0.311 e. The van der Waals surface area contributed by atoms with Gasteiger partial charge in [-0.15, -0.1) is 0 Å². The molecule has 2 aliphatic heterocycles. The molecule has 8 nitrogen and oxygen atoms in total. The summed E-state index contributed by atoms with van der Waals surface area (Å²) >= 11 is 0. The van der Waals surface area contributed by atoms with E-state index in [0.717, 1.165) is 0 Å². The van der Waals surface area contributed by atoms with Crippen LogP contribution in [0.4, 0.5) is 11.4 Å². The highest BCUT2D eigenvalue weighted by Gasteiger charge is 2.37. The molecular formula is C18H20N2O6. The molecule has 2 saturated heterocycles. The minimum absolute atomic E-state index is 0.125. The van der Waals surface area contributed by atoms with Gasteiger partial charge < -0.3 is 19.3 Å². The van der Waals surface area contributed by atoms with Gasteiger partial charge in [0, 0.05) is 37.3 Å². The molecule has 8 heteroatoms. The van der Waals surface area contributed by atoms with E-state index < -0.39 is 23.8 Å². The van der Waals surface area contributed by atoms with Gasteiger partial charge in [-0.3, -0.25) is 19.2 Å². The van der Waals surface area contributed by atoms with Crippen molar-refractivity contribution in [2.24, 2.45) is 11.8 Å². The SMILES string of the molecule is COC(=O)[C@@H]1CC(=O)N(c2ccc(N3C[C@H](C(=O)OC)CC3=O)cc2)C1. The Labute approximate surface area is 150 Å². The minimum atomic E-state index is -0.465. The number of carbonyl (C=O) groups excluding carboxylic acids is 4. The van der Waals surface area contributed by atoms with Crippen molar-refractivity contribution >= 4 is 35.1 Å². The van der Waals surface area contributed by atoms with Crippen LogP contribution in [0.3, 0.4) is 0 Å². The molecule has 2 heterocycles. The standard InChI is InChI=1S/C18H20N2O6/c1-25-17(23)11-7-15(21)19(9-11)13-3-5-14(6-4-13)20-10-12(8-16(20)22)18(24)26-2/h3-6,11-12H,7-10H2,1-2H3/t11-,12-/m1/s1. The van der Waals surface area contributed by atoms with E-state index >= 15 is 0 Å². The van der Waals surface area contributed by atoms with Crippen LogP contribution in [0.15, 0.2) is 24.3 Å². The van der Waals surface area contributed by atoms with Gasteiger partial charge in [-0.05, 0) is 24.3 Å². The third kappa shape index (κ3) is 3.26. The lowest BCUT2D eigenvalue weighted by Crippen LogP contribution is -2.27. The first-order chi connectivity index (χ1) is 12.4. The Hall–Kier alpha value is -2.90. The van der Waals surface area contributed by atoms with Crippen LogP contribution in [-0.2, 0) is 28.7 Å². The van der Waals surface area contributed by atoms with Gasteiger partial charge in [0.25, 0.3) is 0 Å². The molecule has 3 rings (SSSR count). The Balaban J connectivity index is 1.71. The molecule has 2 amide bonds. The van der Waals surface area contributed by atoms with Crippen molar-refractivity contribution < 1.29 is 28.7 Å². The highest BCUT2D eigenvalue weighted by Crippen LogP contribution is 2.30. The van der Waals surface area contributed by atoms with Crippen LogP contribution in [0.25, 0.3) is 0 Å². The minimum Gasteiger partial charge on any atom is -0.469 e. The van der Waals surface area contributed by atoms with Crippen molar-refractivity contribution in [2.75, 3.05) is 37.1 Å². The maximum atomic E-state index is 12.2. The van der Waals surface area contributed by atoms with Crippen LogP contribution in [0.2, 0.25) is 0 Å². The van der Waals surface area contributed by atoms with E-state index in [1.54, 1.807) is 24.3 Å². The number of ether oxygens (including phenoxy) is 2. The molecule has 0 radical (unpaired) electrons. The number of benzene rings is 1. The zero-order valence-corrected chi connectivity index (χ0v) is 14.6. The second-order valence-corrected chi connectivity index (χ2v) is 6.37. The van der Waals surface area contributed by atoms with Gasteiger partial charge >= 0.3 is 11.9 Å². The van der Waals surface area contributed by atoms with Gasteiger partial charge in [-0.2, -0.15) is 0 Å². The second-order valence-electron chi connectivity index (χ2n) is 6.37. The second kappa shape index (κ2) is 7.15. The summed E-state index contributed by atoms with van der Waals surface area (Å²) in [6, 6.07) is 6.91. The first kappa shape index (κ1) is 17.9. The van der Waals surface area contributed by atoms with E-state index in [1.165, 1.54) is 24.0 Å². The molecule has 0 N–H and O–H groups in total. The molecule has 138 valence electrons. The van der Waals surface area contributed by atoms with Crippen molar-refractivity contribution in [2.45, 2.75) is 12.8 Å². The number of nitrogens with zero attached hydrogens (tertiary/aromatic N) is 2. The van der Waals surface area contributed by atoms with Crippen LogP contribution in [0, 0.1) is 11.8 Å². The third-order valence-corrected chi connectivity index (χ3v) is 4.79. The number of anilines is 2. The highest BCUT2D eigenvalue weighted by molar-refractivity contribution is 6.01. The number of methoxy groups -OCH3 is 2. The fraction of sp³-hybridized carbons (Fsp3) is 0.444. The molecule has 1 aromatic carbocycles. The number of carbonyl (C=O) groups is 4. The predicted molar refractivity (Wildman–Crippen MR) is 91.4 cm³/mol. The zero-order valence-electron chi connectivity index (χ0n) is 14.6. The molecule has 1 aromatic rings.